The molecule has 0 fully saturated rings. The number of hydrogen-bond donors (Lipinski definition) is 1. The minimum atomic E-state index is -0.249. The zero-order valence-electron chi connectivity index (χ0n) is 7.65. The van der Waals surface area contributed by atoms with E-state index in [2.05, 4.69) is 21.2 Å². The van der Waals surface area contributed by atoms with E-state index in [0.717, 1.165) is 11.3 Å². The average Bonchev–Trinajstić information content (AvgIpc) is 2.14. The van der Waals surface area contributed by atoms with Crippen molar-refractivity contribution in [1.29, 1.82) is 0 Å². The van der Waals surface area contributed by atoms with Crippen LogP contribution < -0.4 is 5.32 Å². The maximum Gasteiger partial charge on any atom is 0.137 e. The number of anilines is 1. The van der Waals surface area contributed by atoms with Crippen molar-refractivity contribution in [2.75, 3.05) is 11.9 Å². The van der Waals surface area contributed by atoms with Crippen molar-refractivity contribution in [3.8, 4) is 0 Å². The third kappa shape index (κ3) is 3.00. The molecule has 0 spiro atoms. The lowest BCUT2D eigenvalue weighted by Crippen LogP contribution is -2.00. The fourth-order valence-corrected chi connectivity index (χ4v) is 1.48. The molecule has 0 aromatic heterocycles. The summed E-state index contributed by atoms with van der Waals surface area (Å²) >= 11 is 8.50. The molecule has 1 rings (SSSR count). The minimum absolute atomic E-state index is 0.249. The molecule has 0 aliphatic heterocycles. The summed E-state index contributed by atoms with van der Waals surface area (Å²) in [5.41, 5.74) is 3.21. The van der Waals surface area contributed by atoms with Crippen LogP contribution in [0, 0.1) is 12.7 Å². The molecular weight excluding hydrogens is 268 g/mol. The number of halogens is 3. The van der Waals surface area contributed by atoms with Crippen LogP contribution in [0.2, 0.25) is 0 Å². The van der Waals surface area contributed by atoms with Gasteiger partial charge < -0.3 is 5.32 Å². The lowest BCUT2D eigenvalue weighted by atomic mass is 10.2. The highest BCUT2D eigenvalue weighted by atomic mass is 79.9. The Labute approximate surface area is 96.1 Å². The van der Waals surface area contributed by atoms with Gasteiger partial charge >= 0.3 is 0 Å². The molecule has 1 N–H and O–H groups in total. The molecule has 14 heavy (non-hydrogen) atoms. The molecule has 76 valence electrons. The average molecular weight is 279 g/mol. The zero-order valence-corrected chi connectivity index (χ0v) is 9.99. The van der Waals surface area contributed by atoms with Gasteiger partial charge in [-0.3, -0.25) is 0 Å². The van der Waals surface area contributed by atoms with E-state index in [4.69, 9.17) is 11.6 Å². The van der Waals surface area contributed by atoms with Gasteiger partial charge in [-0.1, -0.05) is 17.7 Å². The largest absolute Gasteiger partial charge is 0.381 e. The third-order valence-corrected chi connectivity index (χ3v) is 2.55. The summed E-state index contributed by atoms with van der Waals surface area (Å²) in [5, 5.41) is 3.11. The Kier molecular flexibility index (Phi) is 4.42. The second-order valence-corrected chi connectivity index (χ2v) is 3.93. The van der Waals surface area contributed by atoms with Crippen LogP contribution in [0.4, 0.5) is 10.1 Å². The van der Waals surface area contributed by atoms with Gasteiger partial charge in [0.15, 0.2) is 0 Å². The van der Waals surface area contributed by atoms with Gasteiger partial charge in [-0.2, -0.15) is 0 Å². The number of nitrogens with one attached hydrogen (secondary N) is 1. The molecule has 0 unspecified atom stereocenters. The van der Waals surface area contributed by atoms with Crippen molar-refractivity contribution in [2.45, 2.75) is 6.92 Å². The van der Waals surface area contributed by atoms with Crippen LogP contribution >= 0.6 is 27.5 Å². The quantitative estimate of drug-likeness (QED) is 0.879. The highest BCUT2D eigenvalue weighted by molar-refractivity contribution is 9.10. The van der Waals surface area contributed by atoms with Crippen LogP contribution in [0.1, 0.15) is 5.56 Å². The van der Waals surface area contributed by atoms with Crippen molar-refractivity contribution in [1.82, 2.24) is 0 Å². The highest BCUT2D eigenvalue weighted by Gasteiger charge is 2.03. The fraction of sp³-hybridized carbons (Fsp3) is 0.200. The molecule has 1 aromatic carbocycles. The standard InChI is InChI=1S/C10H10BrClFN/c1-7-5-9(13)8(11)6-10(7)14-4-2-3-12/h2-3,5-6,14H,4H2,1H3/b3-2+. The van der Waals surface area contributed by atoms with Gasteiger partial charge in [-0.05, 0) is 40.5 Å². The van der Waals surface area contributed by atoms with Crippen molar-refractivity contribution in [3.05, 3.63) is 39.6 Å². The molecule has 0 atom stereocenters. The first-order valence-corrected chi connectivity index (χ1v) is 5.33. The molecule has 0 radical (unpaired) electrons. The first-order valence-electron chi connectivity index (χ1n) is 4.10. The van der Waals surface area contributed by atoms with Crippen LogP contribution in [0.3, 0.4) is 0 Å². The van der Waals surface area contributed by atoms with Crippen LogP contribution in [-0.2, 0) is 0 Å². The van der Waals surface area contributed by atoms with Crippen LogP contribution in [-0.4, -0.2) is 6.54 Å². The van der Waals surface area contributed by atoms with Gasteiger partial charge in [-0.25, -0.2) is 4.39 Å². The van der Waals surface area contributed by atoms with E-state index in [9.17, 15) is 4.39 Å². The molecule has 1 aromatic rings. The molecule has 0 heterocycles. The monoisotopic (exact) mass is 277 g/mol. The number of hydrogen-bond acceptors (Lipinski definition) is 1. The normalized spacial score (nSPS) is 10.9. The number of rotatable bonds is 3. The first kappa shape index (κ1) is 11.5. The summed E-state index contributed by atoms with van der Waals surface area (Å²) in [5.74, 6) is -0.249. The topological polar surface area (TPSA) is 12.0 Å². The van der Waals surface area contributed by atoms with Crippen LogP contribution in [0.15, 0.2) is 28.2 Å². The van der Waals surface area contributed by atoms with E-state index in [1.807, 2.05) is 6.92 Å². The van der Waals surface area contributed by atoms with E-state index in [1.54, 1.807) is 12.1 Å². The second kappa shape index (κ2) is 5.37. The van der Waals surface area contributed by atoms with E-state index in [0.29, 0.717) is 11.0 Å². The van der Waals surface area contributed by atoms with Crippen molar-refractivity contribution < 1.29 is 4.39 Å². The van der Waals surface area contributed by atoms with E-state index in [1.165, 1.54) is 11.6 Å². The Hall–Kier alpha value is -0.540. The Bertz CT molecular complexity index is 352. The summed E-state index contributed by atoms with van der Waals surface area (Å²) in [7, 11) is 0. The molecule has 1 nitrogen and oxygen atoms in total. The van der Waals surface area contributed by atoms with Crippen LogP contribution in [0.25, 0.3) is 0 Å². The molecule has 4 heteroatoms. The predicted octanol–water partition coefficient (Wildman–Crippen LogP) is 4.06. The van der Waals surface area contributed by atoms with Gasteiger partial charge in [0.1, 0.15) is 5.82 Å². The number of aryl methyl sites for hydroxylation is 1. The lowest BCUT2D eigenvalue weighted by Gasteiger charge is -2.08. The number of benzene rings is 1. The van der Waals surface area contributed by atoms with E-state index in [-0.39, 0.29) is 5.82 Å². The summed E-state index contributed by atoms with van der Waals surface area (Å²) in [6.07, 6.45) is 1.78. The first-order chi connectivity index (χ1) is 6.65. The molecule has 0 saturated heterocycles. The molecule has 0 aliphatic carbocycles. The van der Waals surface area contributed by atoms with Crippen molar-refractivity contribution in [2.24, 2.45) is 0 Å². The molecule has 0 saturated carbocycles. The van der Waals surface area contributed by atoms with Gasteiger partial charge in [0.25, 0.3) is 0 Å². The molecule has 0 bridgehead atoms. The zero-order chi connectivity index (χ0) is 10.6. The maximum absolute atomic E-state index is 13.0. The lowest BCUT2D eigenvalue weighted by molar-refractivity contribution is 0.620. The summed E-state index contributed by atoms with van der Waals surface area (Å²) in [4.78, 5) is 0. The van der Waals surface area contributed by atoms with Crippen LogP contribution in [0.5, 0.6) is 0 Å². The van der Waals surface area contributed by atoms with Crippen molar-refractivity contribution >= 4 is 33.2 Å². The Morgan fingerprint density at radius 1 is 1.57 bits per heavy atom. The van der Waals surface area contributed by atoms with Gasteiger partial charge in [0.05, 0.1) is 4.47 Å². The SMILES string of the molecule is Cc1cc(F)c(Br)cc1NC/C=C/Cl. The third-order valence-electron chi connectivity index (χ3n) is 1.77. The predicted molar refractivity (Wildman–Crippen MR) is 62.3 cm³/mol. The molecule has 0 aliphatic rings. The summed E-state index contributed by atoms with van der Waals surface area (Å²) in [6, 6.07) is 3.20. The summed E-state index contributed by atoms with van der Waals surface area (Å²) < 4.78 is 13.5. The maximum atomic E-state index is 13.0. The van der Waals surface area contributed by atoms with E-state index < -0.39 is 0 Å². The fourth-order valence-electron chi connectivity index (χ4n) is 1.05. The van der Waals surface area contributed by atoms with Gasteiger partial charge in [0.2, 0.25) is 0 Å². The Morgan fingerprint density at radius 3 is 2.93 bits per heavy atom. The second-order valence-electron chi connectivity index (χ2n) is 2.82. The minimum Gasteiger partial charge on any atom is -0.381 e. The Morgan fingerprint density at radius 2 is 2.29 bits per heavy atom. The van der Waals surface area contributed by atoms with E-state index >= 15 is 0 Å². The Balaban J connectivity index is 2.81. The highest BCUT2D eigenvalue weighted by Crippen LogP contribution is 2.23. The molecular formula is C10H10BrClFN. The smallest absolute Gasteiger partial charge is 0.137 e. The molecule has 0 amide bonds. The van der Waals surface area contributed by atoms with Gasteiger partial charge in [-0.15, -0.1) is 0 Å². The summed E-state index contributed by atoms with van der Waals surface area (Å²) in [6.45, 7) is 2.48. The van der Waals surface area contributed by atoms with Crippen molar-refractivity contribution in [3.63, 3.8) is 0 Å². The van der Waals surface area contributed by atoms with Gasteiger partial charge in [0, 0.05) is 17.8 Å².